The quantitative estimate of drug-likeness (QED) is 0.927. The molecule has 0 aromatic carbocycles. The van der Waals surface area contributed by atoms with E-state index < -0.39 is 11.9 Å². The maximum Gasteiger partial charge on any atom is 0.434 e. The normalized spacial score (nSPS) is 18.5. The van der Waals surface area contributed by atoms with Gasteiger partial charge in [0.2, 0.25) is 5.91 Å². The molecule has 0 radical (unpaired) electrons. The molecule has 1 aliphatic heterocycles. The van der Waals surface area contributed by atoms with Crippen LogP contribution in [0.5, 0.6) is 0 Å². The van der Waals surface area contributed by atoms with Crippen molar-refractivity contribution < 1.29 is 22.7 Å². The molecule has 0 saturated carbocycles. The third-order valence-electron chi connectivity index (χ3n) is 3.64. The largest absolute Gasteiger partial charge is 0.434 e. The average molecular weight is 322 g/mol. The minimum Gasteiger partial charge on any atom is -0.381 e. The van der Waals surface area contributed by atoms with Crippen LogP contribution in [0, 0.1) is 11.8 Å². The van der Waals surface area contributed by atoms with Crippen molar-refractivity contribution in [3.05, 3.63) is 16.1 Å². The number of carbonyl (C=O) groups is 1. The van der Waals surface area contributed by atoms with Crippen LogP contribution in [0.2, 0.25) is 0 Å². The molecule has 118 valence electrons. The Morgan fingerprint density at radius 3 is 2.76 bits per heavy atom. The lowest BCUT2D eigenvalue weighted by Gasteiger charge is -2.26. The van der Waals surface area contributed by atoms with E-state index in [-0.39, 0.29) is 29.3 Å². The molecule has 0 bridgehead atoms. The van der Waals surface area contributed by atoms with Crippen molar-refractivity contribution in [1.82, 2.24) is 10.3 Å². The number of aromatic nitrogens is 1. The molecule has 1 saturated heterocycles. The molecule has 1 unspecified atom stereocenters. The van der Waals surface area contributed by atoms with Crippen LogP contribution in [0.15, 0.2) is 5.38 Å². The number of halogens is 3. The number of alkyl halides is 3. The van der Waals surface area contributed by atoms with Gasteiger partial charge in [0, 0.05) is 24.5 Å². The monoisotopic (exact) mass is 322 g/mol. The lowest BCUT2D eigenvalue weighted by atomic mass is 9.87. The fourth-order valence-electron chi connectivity index (χ4n) is 2.28. The highest BCUT2D eigenvalue weighted by molar-refractivity contribution is 7.09. The molecule has 2 heterocycles. The fraction of sp³-hybridized carbons (Fsp3) is 0.692. The van der Waals surface area contributed by atoms with E-state index in [2.05, 4.69) is 10.3 Å². The molecule has 21 heavy (non-hydrogen) atoms. The first kappa shape index (κ1) is 16.2. The molecule has 2 rings (SSSR count). The standard InChI is InChI=1S/C13H17F3N2O2S/c1-8(9-2-4-20-5-3-9)12(19)17-6-11-18-10(7-21-11)13(14,15)16/h7-9H,2-6H2,1H3,(H,17,19). The highest BCUT2D eigenvalue weighted by Gasteiger charge is 2.33. The summed E-state index contributed by atoms with van der Waals surface area (Å²) in [5, 5.41) is 3.88. The number of thiazole rings is 1. The Labute approximate surface area is 124 Å². The number of amides is 1. The summed E-state index contributed by atoms with van der Waals surface area (Å²) in [5.41, 5.74) is -0.908. The molecule has 8 heteroatoms. The van der Waals surface area contributed by atoms with Crippen molar-refractivity contribution in [3.8, 4) is 0 Å². The van der Waals surface area contributed by atoms with Gasteiger partial charge in [-0.15, -0.1) is 11.3 Å². The number of ether oxygens (including phenoxy) is 1. The van der Waals surface area contributed by atoms with Crippen LogP contribution in [-0.4, -0.2) is 24.1 Å². The van der Waals surface area contributed by atoms with Crippen molar-refractivity contribution in [2.24, 2.45) is 11.8 Å². The van der Waals surface area contributed by atoms with Gasteiger partial charge in [-0.05, 0) is 18.8 Å². The smallest absolute Gasteiger partial charge is 0.381 e. The predicted octanol–water partition coefficient (Wildman–Crippen LogP) is 2.84. The molecule has 1 fully saturated rings. The van der Waals surface area contributed by atoms with Gasteiger partial charge >= 0.3 is 6.18 Å². The summed E-state index contributed by atoms with van der Waals surface area (Å²) in [6.45, 7) is 3.19. The van der Waals surface area contributed by atoms with Crippen LogP contribution < -0.4 is 5.32 Å². The van der Waals surface area contributed by atoms with E-state index in [4.69, 9.17) is 4.74 Å². The molecule has 1 atom stereocenters. The van der Waals surface area contributed by atoms with Gasteiger partial charge < -0.3 is 10.1 Å². The predicted molar refractivity (Wildman–Crippen MR) is 71.7 cm³/mol. The van der Waals surface area contributed by atoms with Crippen LogP contribution in [-0.2, 0) is 22.3 Å². The summed E-state index contributed by atoms with van der Waals surface area (Å²) < 4.78 is 42.5. The number of nitrogens with zero attached hydrogens (tertiary/aromatic N) is 1. The van der Waals surface area contributed by atoms with E-state index >= 15 is 0 Å². The number of rotatable bonds is 4. The minimum absolute atomic E-state index is 0.0349. The van der Waals surface area contributed by atoms with E-state index in [0.29, 0.717) is 13.2 Å². The Morgan fingerprint density at radius 2 is 2.19 bits per heavy atom. The first-order valence-electron chi connectivity index (χ1n) is 6.75. The fourth-order valence-corrected chi connectivity index (χ4v) is 3.02. The topological polar surface area (TPSA) is 51.2 Å². The summed E-state index contributed by atoms with van der Waals surface area (Å²) in [6.07, 6.45) is -2.76. The minimum atomic E-state index is -4.44. The van der Waals surface area contributed by atoms with Crippen LogP contribution in [0.3, 0.4) is 0 Å². The van der Waals surface area contributed by atoms with E-state index in [0.717, 1.165) is 29.6 Å². The zero-order valence-corrected chi connectivity index (χ0v) is 12.4. The highest BCUT2D eigenvalue weighted by Crippen LogP contribution is 2.30. The van der Waals surface area contributed by atoms with Crippen molar-refractivity contribution in [1.29, 1.82) is 0 Å². The number of hydrogen-bond acceptors (Lipinski definition) is 4. The Hall–Kier alpha value is -1.15. The molecule has 1 aliphatic rings. The second-order valence-corrected chi connectivity index (χ2v) is 6.02. The van der Waals surface area contributed by atoms with Crippen molar-refractivity contribution >= 4 is 17.2 Å². The van der Waals surface area contributed by atoms with Gasteiger partial charge in [0.25, 0.3) is 0 Å². The third kappa shape index (κ3) is 4.41. The van der Waals surface area contributed by atoms with Crippen LogP contribution >= 0.6 is 11.3 Å². The highest BCUT2D eigenvalue weighted by atomic mass is 32.1. The zero-order valence-electron chi connectivity index (χ0n) is 11.6. The molecule has 1 aromatic heterocycles. The van der Waals surface area contributed by atoms with E-state index in [1.807, 2.05) is 6.92 Å². The lowest BCUT2D eigenvalue weighted by molar-refractivity contribution is -0.140. The average Bonchev–Trinajstić information content (AvgIpc) is 2.94. The summed E-state index contributed by atoms with van der Waals surface area (Å²) >= 11 is 0.900. The molecule has 0 aliphatic carbocycles. The van der Waals surface area contributed by atoms with Gasteiger partial charge in [0.1, 0.15) is 5.01 Å². The van der Waals surface area contributed by atoms with Gasteiger partial charge in [-0.3, -0.25) is 4.79 Å². The molecule has 1 amide bonds. The second-order valence-electron chi connectivity index (χ2n) is 5.08. The molecular weight excluding hydrogens is 305 g/mol. The van der Waals surface area contributed by atoms with Crippen LogP contribution in [0.25, 0.3) is 0 Å². The maximum absolute atomic E-state index is 12.4. The van der Waals surface area contributed by atoms with Gasteiger partial charge in [0.15, 0.2) is 5.69 Å². The van der Waals surface area contributed by atoms with Gasteiger partial charge in [-0.25, -0.2) is 4.98 Å². The van der Waals surface area contributed by atoms with Crippen molar-refractivity contribution in [3.63, 3.8) is 0 Å². The van der Waals surface area contributed by atoms with Crippen LogP contribution in [0.4, 0.5) is 13.2 Å². The van der Waals surface area contributed by atoms with E-state index in [1.54, 1.807) is 0 Å². The van der Waals surface area contributed by atoms with E-state index in [9.17, 15) is 18.0 Å². The Balaban J connectivity index is 1.84. The summed E-state index contributed by atoms with van der Waals surface area (Å²) in [7, 11) is 0. The summed E-state index contributed by atoms with van der Waals surface area (Å²) in [4.78, 5) is 15.5. The first-order valence-corrected chi connectivity index (χ1v) is 7.63. The van der Waals surface area contributed by atoms with E-state index in [1.165, 1.54) is 0 Å². The summed E-state index contributed by atoms with van der Waals surface area (Å²) in [5.74, 6) is -0.0533. The lowest BCUT2D eigenvalue weighted by Crippen LogP contribution is -2.35. The molecule has 1 N–H and O–H groups in total. The second kappa shape index (κ2) is 6.74. The molecule has 0 spiro atoms. The zero-order chi connectivity index (χ0) is 15.5. The van der Waals surface area contributed by atoms with Gasteiger partial charge in [0.05, 0.1) is 6.54 Å². The number of nitrogens with one attached hydrogen (secondary N) is 1. The van der Waals surface area contributed by atoms with Gasteiger partial charge in [-0.2, -0.15) is 13.2 Å². The Morgan fingerprint density at radius 1 is 1.52 bits per heavy atom. The summed E-state index contributed by atoms with van der Waals surface area (Å²) in [6, 6.07) is 0. The van der Waals surface area contributed by atoms with Gasteiger partial charge in [-0.1, -0.05) is 6.92 Å². The Bertz CT molecular complexity index is 484. The van der Waals surface area contributed by atoms with Crippen LogP contribution in [0.1, 0.15) is 30.5 Å². The maximum atomic E-state index is 12.4. The number of hydrogen-bond donors (Lipinski definition) is 1. The molecular formula is C13H17F3N2O2S. The third-order valence-corrected chi connectivity index (χ3v) is 4.49. The molecule has 1 aromatic rings. The Kier molecular flexibility index (Phi) is 5.21. The first-order chi connectivity index (χ1) is 9.88. The molecule has 4 nitrogen and oxygen atoms in total. The van der Waals surface area contributed by atoms with Crippen molar-refractivity contribution in [2.45, 2.75) is 32.5 Å². The van der Waals surface area contributed by atoms with Crippen molar-refractivity contribution in [2.75, 3.05) is 13.2 Å². The SMILES string of the molecule is CC(C(=O)NCc1nc(C(F)(F)F)cs1)C1CCOCC1. The number of carbonyl (C=O) groups excluding carboxylic acids is 1.